The summed E-state index contributed by atoms with van der Waals surface area (Å²) >= 11 is 1.47. The van der Waals surface area contributed by atoms with Gasteiger partial charge < -0.3 is 0 Å². The molecule has 1 aliphatic rings. The van der Waals surface area contributed by atoms with Crippen LogP contribution in [0.4, 0.5) is 5.13 Å². The van der Waals surface area contributed by atoms with Gasteiger partial charge in [0.2, 0.25) is 0 Å². The van der Waals surface area contributed by atoms with Crippen molar-refractivity contribution >= 4 is 33.3 Å². The second kappa shape index (κ2) is 7.29. The van der Waals surface area contributed by atoms with Gasteiger partial charge in [-0.15, -0.1) is 11.3 Å². The molecule has 0 unspecified atom stereocenters. The van der Waals surface area contributed by atoms with Crippen molar-refractivity contribution in [3.8, 4) is 0 Å². The summed E-state index contributed by atoms with van der Waals surface area (Å²) in [5.41, 5.74) is 2.25. The number of nitrogens with zero attached hydrogens (tertiary/aromatic N) is 3. The van der Waals surface area contributed by atoms with Gasteiger partial charge in [-0.3, -0.25) is 15.0 Å². The van der Waals surface area contributed by atoms with E-state index in [2.05, 4.69) is 20.2 Å². The van der Waals surface area contributed by atoms with Gasteiger partial charge in [0.05, 0.1) is 11.2 Å². The summed E-state index contributed by atoms with van der Waals surface area (Å²) in [6.07, 6.45) is 3.86. The third-order valence-corrected chi connectivity index (χ3v) is 5.24. The Morgan fingerprint density at radius 3 is 2.80 bits per heavy atom. The number of para-hydroxylation sites is 1. The number of rotatable bonds is 4. The molecular formula is C19H20N4OS. The van der Waals surface area contributed by atoms with Crippen LogP contribution < -0.4 is 5.32 Å². The van der Waals surface area contributed by atoms with Gasteiger partial charge in [-0.1, -0.05) is 30.7 Å². The Labute approximate surface area is 150 Å². The molecule has 128 valence electrons. The van der Waals surface area contributed by atoms with Crippen molar-refractivity contribution in [2.45, 2.75) is 25.8 Å². The van der Waals surface area contributed by atoms with Crippen molar-refractivity contribution in [2.24, 2.45) is 0 Å². The van der Waals surface area contributed by atoms with Gasteiger partial charge in [-0.05, 0) is 38.1 Å². The van der Waals surface area contributed by atoms with E-state index in [1.54, 1.807) is 6.07 Å². The maximum atomic E-state index is 12.4. The van der Waals surface area contributed by atoms with Gasteiger partial charge in [-0.25, -0.2) is 9.97 Å². The summed E-state index contributed by atoms with van der Waals surface area (Å²) in [6, 6.07) is 11.4. The van der Waals surface area contributed by atoms with Crippen molar-refractivity contribution in [3.63, 3.8) is 0 Å². The molecule has 1 amide bonds. The van der Waals surface area contributed by atoms with Crippen LogP contribution in [0.5, 0.6) is 0 Å². The second-order valence-corrected chi connectivity index (χ2v) is 7.18. The molecular weight excluding hydrogens is 332 g/mol. The molecule has 1 aliphatic heterocycles. The monoisotopic (exact) mass is 352 g/mol. The molecule has 4 rings (SSSR count). The Morgan fingerprint density at radius 1 is 1.08 bits per heavy atom. The fourth-order valence-electron chi connectivity index (χ4n) is 3.14. The van der Waals surface area contributed by atoms with Gasteiger partial charge in [0.1, 0.15) is 5.69 Å². The summed E-state index contributed by atoms with van der Waals surface area (Å²) in [5, 5.41) is 6.55. The largest absolute Gasteiger partial charge is 0.297 e. The number of benzene rings is 1. The number of piperidine rings is 1. The Bertz CT molecular complexity index is 886. The number of fused-ring (bicyclic) bond motifs is 1. The molecule has 0 atom stereocenters. The lowest BCUT2D eigenvalue weighted by molar-refractivity contribution is 0.102. The number of thiazole rings is 1. The number of carbonyl (C=O) groups is 1. The van der Waals surface area contributed by atoms with E-state index in [9.17, 15) is 4.79 Å². The van der Waals surface area contributed by atoms with E-state index in [0.29, 0.717) is 10.8 Å². The maximum absolute atomic E-state index is 12.4. The van der Waals surface area contributed by atoms with E-state index in [0.717, 1.165) is 36.2 Å². The number of anilines is 1. The lowest BCUT2D eigenvalue weighted by atomic mass is 10.1. The third kappa shape index (κ3) is 3.86. The molecule has 2 aromatic heterocycles. The number of aromatic nitrogens is 2. The zero-order valence-corrected chi connectivity index (χ0v) is 14.8. The standard InChI is InChI=1S/C19H20N4OS/c24-18(17-9-8-14-6-2-3-7-16(14)21-17)22-19-20-15(13-25-19)12-23-10-4-1-5-11-23/h2-3,6-9,13H,1,4-5,10-12H2,(H,20,22,24). The van der Waals surface area contributed by atoms with Crippen molar-refractivity contribution in [3.05, 3.63) is 53.2 Å². The number of pyridine rings is 1. The molecule has 6 heteroatoms. The van der Waals surface area contributed by atoms with E-state index < -0.39 is 0 Å². The first-order valence-corrected chi connectivity index (χ1v) is 9.50. The number of amides is 1. The summed E-state index contributed by atoms with van der Waals surface area (Å²) in [7, 11) is 0. The quantitative estimate of drug-likeness (QED) is 0.773. The fourth-order valence-corrected chi connectivity index (χ4v) is 3.83. The molecule has 1 N–H and O–H groups in total. The highest BCUT2D eigenvalue weighted by Gasteiger charge is 2.14. The lowest BCUT2D eigenvalue weighted by Gasteiger charge is -2.25. The predicted octanol–water partition coefficient (Wildman–Crippen LogP) is 3.93. The highest BCUT2D eigenvalue weighted by atomic mass is 32.1. The van der Waals surface area contributed by atoms with Crippen LogP contribution in [0, 0.1) is 0 Å². The average molecular weight is 352 g/mol. The van der Waals surface area contributed by atoms with Crippen molar-refractivity contribution in [1.82, 2.24) is 14.9 Å². The molecule has 25 heavy (non-hydrogen) atoms. The van der Waals surface area contributed by atoms with E-state index in [4.69, 9.17) is 0 Å². The Morgan fingerprint density at radius 2 is 1.92 bits per heavy atom. The molecule has 0 saturated carbocycles. The fraction of sp³-hybridized carbons (Fsp3) is 0.316. The van der Waals surface area contributed by atoms with Gasteiger partial charge in [0.25, 0.3) is 5.91 Å². The first-order chi connectivity index (χ1) is 12.3. The minimum Gasteiger partial charge on any atom is -0.297 e. The van der Waals surface area contributed by atoms with Crippen LogP contribution in [0.3, 0.4) is 0 Å². The summed E-state index contributed by atoms with van der Waals surface area (Å²) in [6.45, 7) is 3.14. The van der Waals surface area contributed by atoms with Crippen LogP contribution in [-0.2, 0) is 6.54 Å². The second-order valence-electron chi connectivity index (χ2n) is 6.32. The molecule has 1 aromatic carbocycles. The summed E-state index contributed by atoms with van der Waals surface area (Å²) < 4.78 is 0. The smallest absolute Gasteiger partial charge is 0.276 e. The SMILES string of the molecule is O=C(Nc1nc(CN2CCCCC2)cs1)c1ccc2ccccc2n1. The van der Waals surface area contributed by atoms with Gasteiger partial charge in [0.15, 0.2) is 5.13 Å². The summed E-state index contributed by atoms with van der Waals surface area (Å²) in [4.78, 5) is 23.8. The van der Waals surface area contributed by atoms with E-state index >= 15 is 0 Å². The Hall–Kier alpha value is -2.31. The first-order valence-electron chi connectivity index (χ1n) is 8.62. The van der Waals surface area contributed by atoms with E-state index in [1.807, 2.05) is 35.7 Å². The molecule has 0 aliphatic carbocycles. The number of hydrogen-bond donors (Lipinski definition) is 1. The highest BCUT2D eigenvalue weighted by molar-refractivity contribution is 7.13. The number of likely N-dealkylation sites (tertiary alicyclic amines) is 1. The molecule has 0 bridgehead atoms. The molecule has 3 aromatic rings. The molecule has 1 fully saturated rings. The minimum atomic E-state index is -0.218. The zero-order chi connectivity index (χ0) is 17.1. The van der Waals surface area contributed by atoms with Crippen LogP contribution in [0.25, 0.3) is 10.9 Å². The van der Waals surface area contributed by atoms with Crippen LogP contribution in [0.15, 0.2) is 41.8 Å². The highest BCUT2D eigenvalue weighted by Crippen LogP contribution is 2.20. The van der Waals surface area contributed by atoms with Crippen LogP contribution in [-0.4, -0.2) is 33.9 Å². The van der Waals surface area contributed by atoms with E-state index in [-0.39, 0.29) is 5.91 Å². The Kier molecular flexibility index (Phi) is 4.72. The van der Waals surface area contributed by atoms with Crippen molar-refractivity contribution in [1.29, 1.82) is 0 Å². The van der Waals surface area contributed by atoms with Crippen LogP contribution >= 0.6 is 11.3 Å². The molecule has 1 saturated heterocycles. The minimum absolute atomic E-state index is 0.218. The summed E-state index contributed by atoms with van der Waals surface area (Å²) in [5.74, 6) is -0.218. The number of carbonyl (C=O) groups excluding carboxylic acids is 1. The van der Waals surface area contributed by atoms with Gasteiger partial charge >= 0.3 is 0 Å². The lowest BCUT2D eigenvalue weighted by Crippen LogP contribution is -2.29. The molecule has 5 nitrogen and oxygen atoms in total. The topological polar surface area (TPSA) is 58.1 Å². The third-order valence-electron chi connectivity index (χ3n) is 4.44. The van der Waals surface area contributed by atoms with E-state index in [1.165, 1.54) is 30.6 Å². The normalized spacial score (nSPS) is 15.4. The number of hydrogen-bond acceptors (Lipinski definition) is 5. The van der Waals surface area contributed by atoms with Crippen LogP contribution in [0.1, 0.15) is 35.4 Å². The molecule has 0 radical (unpaired) electrons. The van der Waals surface area contributed by atoms with Crippen LogP contribution in [0.2, 0.25) is 0 Å². The maximum Gasteiger partial charge on any atom is 0.276 e. The average Bonchev–Trinajstić information content (AvgIpc) is 3.09. The van der Waals surface area contributed by atoms with Crippen molar-refractivity contribution in [2.75, 3.05) is 18.4 Å². The van der Waals surface area contributed by atoms with Gasteiger partial charge in [-0.2, -0.15) is 0 Å². The van der Waals surface area contributed by atoms with Gasteiger partial charge in [0, 0.05) is 17.3 Å². The molecule has 3 heterocycles. The first kappa shape index (κ1) is 16.2. The zero-order valence-electron chi connectivity index (χ0n) is 13.9. The van der Waals surface area contributed by atoms with Crippen molar-refractivity contribution < 1.29 is 4.79 Å². The molecule has 0 spiro atoms. The predicted molar refractivity (Wildman–Crippen MR) is 101 cm³/mol. The number of nitrogens with one attached hydrogen (secondary N) is 1. The Balaban J connectivity index is 1.43.